The van der Waals surface area contributed by atoms with Crippen LogP contribution in [0.4, 0.5) is 11.4 Å². The van der Waals surface area contributed by atoms with Crippen molar-refractivity contribution in [1.82, 2.24) is 0 Å². The van der Waals surface area contributed by atoms with Gasteiger partial charge in [-0.2, -0.15) is 0 Å². The minimum absolute atomic E-state index is 0.0556. The van der Waals surface area contributed by atoms with Gasteiger partial charge in [0.2, 0.25) is 11.8 Å². The second kappa shape index (κ2) is 7.49. The second-order valence-electron chi connectivity index (χ2n) is 5.85. The van der Waals surface area contributed by atoms with E-state index in [4.69, 9.17) is 11.6 Å². The average Bonchev–Trinajstić information content (AvgIpc) is 3.00. The van der Waals surface area contributed by atoms with E-state index >= 15 is 0 Å². The average molecular weight is 343 g/mol. The highest BCUT2D eigenvalue weighted by Gasteiger charge is 2.23. The molecule has 124 valence electrons. The van der Waals surface area contributed by atoms with Crippen LogP contribution in [0.3, 0.4) is 0 Å². The first-order valence-corrected chi connectivity index (χ1v) is 8.45. The number of amides is 2. The van der Waals surface area contributed by atoms with Crippen LogP contribution in [0.25, 0.3) is 0 Å². The fraction of sp³-hybridized carbons (Fsp3) is 0.263. The van der Waals surface area contributed by atoms with Crippen LogP contribution in [-0.2, 0) is 16.0 Å². The van der Waals surface area contributed by atoms with Gasteiger partial charge in [-0.15, -0.1) is 0 Å². The Bertz CT molecular complexity index is 746. The van der Waals surface area contributed by atoms with Crippen LogP contribution in [0.15, 0.2) is 48.5 Å². The molecule has 1 fully saturated rings. The molecule has 1 aliphatic rings. The molecule has 2 aromatic rings. The molecule has 0 aliphatic carbocycles. The number of nitrogens with one attached hydrogen (secondary N) is 1. The molecular weight excluding hydrogens is 324 g/mol. The number of carbonyl (C=O) groups is 2. The van der Waals surface area contributed by atoms with E-state index in [-0.39, 0.29) is 11.8 Å². The van der Waals surface area contributed by atoms with Gasteiger partial charge in [0.15, 0.2) is 0 Å². The number of nitrogens with zero attached hydrogens (tertiary/aromatic N) is 1. The van der Waals surface area contributed by atoms with Crippen molar-refractivity contribution in [3.63, 3.8) is 0 Å². The maximum atomic E-state index is 12.1. The molecule has 1 aliphatic heterocycles. The van der Waals surface area contributed by atoms with Gasteiger partial charge in [0.05, 0.1) is 10.7 Å². The van der Waals surface area contributed by atoms with Crippen molar-refractivity contribution < 1.29 is 9.59 Å². The second-order valence-corrected chi connectivity index (χ2v) is 6.26. The minimum atomic E-state index is -0.0556. The maximum absolute atomic E-state index is 12.1. The zero-order valence-corrected chi connectivity index (χ0v) is 14.1. The van der Waals surface area contributed by atoms with Crippen molar-refractivity contribution in [1.29, 1.82) is 0 Å². The summed E-state index contributed by atoms with van der Waals surface area (Å²) in [6.45, 7) is 0.696. The molecule has 2 aromatic carbocycles. The van der Waals surface area contributed by atoms with Gasteiger partial charge >= 0.3 is 0 Å². The van der Waals surface area contributed by atoms with E-state index < -0.39 is 0 Å². The quantitative estimate of drug-likeness (QED) is 0.891. The van der Waals surface area contributed by atoms with Gasteiger partial charge in [-0.1, -0.05) is 41.9 Å². The Labute approximate surface area is 146 Å². The van der Waals surface area contributed by atoms with E-state index in [1.165, 1.54) is 0 Å². The summed E-state index contributed by atoms with van der Waals surface area (Å²) in [4.78, 5) is 25.6. The zero-order chi connectivity index (χ0) is 16.9. The molecule has 1 saturated heterocycles. The van der Waals surface area contributed by atoms with Gasteiger partial charge in [0.1, 0.15) is 0 Å². The Morgan fingerprint density at radius 3 is 2.62 bits per heavy atom. The summed E-state index contributed by atoms with van der Waals surface area (Å²) < 4.78 is 0. The molecule has 1 heterocycles. The summed E-state index contributed by atoms with van der Waals surface area (Å²) in [6, 6.07) is 15.2. The smallest absolute Gasteiger partial charge is 0.227 e. The van der Waals surface area contributed by atoms with Crippen molar-refractivity contribution in [3.05, 3.63) is 59.1 Å². The standard InChI is InChI=1S/C19H19ClN2O2/c20-16-13-15(9-10-17(16)22-12-4-7-19(22)24)21-18(23)11-8-14-5-2-1-3-6-14/h1-3,5-6,9-10,13H,4,7-8,11-12H2,(H,21,23). The lowest BCUT2D eigenvalue weighted by Gasteiger charge is -2.18. The molecule has 0 atom stereocenters. The molecule has 0 bridgehead atoms. The van der Waals surface area contributed by atoms with Crippen LogP contribution in [0.1, 0.15) is 24.8 Å². The number of benzene rings is 2. The molecule has 0 spiro atoms. The van der Waals surface area contributed by atoms with Gasteiger partial charge in [-0.25, -0.2) is 0 Å². The van der Waals surface area contributed by atoms with Crippen molar-refractivity contribution in [2.45, 2.75) is 25.7 Å². The molecule has 0 unspecified atom stereocenters. The number of halogens is 1. The van der Waals surface area contributed by atoms with E-state index in [9.17, 15) is 9.59 Å². The van der Waals surface area contributed by atoms with Gasteiger partial charge in [-0.05, 0) is 36.6 Å². The monoisotopic (exact) mass is 342 g/mol. The third kappa shape index (κ3) is 3.95. The number of hydrogen-bond acceptors (Lipinski definition) is 2. The van der Waals surface area contributed by atoms with Crippen LogP contribution in [0.5, 0.6) is 0 Å². The first-order valence-electron chi connectivity index (χ1n) is 8.07. The summed E-state index contributed by atoms with van der Waals surface area (Å²) >= 11 is 6.29. The van der Waals surface area contributed by atoms with E-state index in [1.807, 2.05) is 30.3 Å². The third-order valence-corrected chi connectivity index (χ3v) is 4.38. The lowest BCUT2D eigenvalue weighted by atomic mass is 10.1. The highest BCUT2D eigenvalue weighted by atomic mass is 35.5. The van der Waals surface area contributed by atoms with Crippen LogP contribution in [-0.4, -0.2) is 18.4 Å². The topological polar surface area (TPSA) is 49.4 Å². The van der Waals surface area contributed by atoms with Gasteiger partial charge < -0.3 is 10.2 Å². The fourth-order valence-electron chi connectivity index (χ4n) is 2.83. The lowest BCUT2D eigenvalue weighted by molar-refractivity contribution is -0.117. The van der Waals surface area contributed by atoms with Crippen LogP contribution in [0, 0.1) is 0 Å². The largest absolute Gasteiger partial charge is 0.326 e. The first-order chi connectivity index (χ1) is 11.6. The maximum Gasteiger partial charge on any atom is 0.227 e. The van der Waals surface area contributed by atoms with Crippen LogP contribution >= 0.6 is 11.6 Å². The highest BCUT2D eigenvalue weighted by Crippen LogP contribution is 2.31. The molecule has 0 radical (unpaired) electrons. The Morgan fingerprint density at radius 1 is 1.17 bits per heavy atom. The number of hydrogen-bond donors (Lipinski definition) is 1. The van der Waals surface area contributed by atoms with Gasteiger partial charge in [0, 0.05) is 25.1 Å². The SMILES string of the molecule is O=C(CCc1ccccc1)Nc1ccc(N2CCCC2=O)c(Cl)c1. The molecule has 1 N–H and O–H groups in total. The molecule has 5 heteroatoms. The summed E-state index contributed by atoms with van der Waals surface area (Å²) in [7, 11) is 0. The van der Waals surface area contributed by atoms with E-state index in [0.717, 1.165) is 12.0 Å². The van der Waals surface area contributed by atoms with Crippen molar-refractivity contribution in [2.24, 2.45) is 0 Å². The van der Waals surface area contributed by atoms with Crippen LogP contribution < -0.4 is 10.2 Å². The minimum Gasteiger partial charge on any atom is -0.326 e. The molecule has 4 nitrogen and oxygen atoms in total. The summed E-state index contributed by atoms with van der Waals surface area (Å²) in [5, 5.41) is 3.33. The Balaban J connectivity index is 1.60. The number of carbonyl (C=O) groups excluding carboxylic acids is 2. The number of aryl methyl sites for hydroxylation is 1. The molecule has 3 rings (SSSR count). The first kappa shape index (κ1) is 16.5. The summed E-state index contributed by atoms with van der Waals surface area (Å²) in [6.07, 6.45) is 2.52. The predicted octanol–water partition coefficient (Wildman–Crippen LogP) is 4.04. The van der Waals surface area contributed by atoms with Crippen molar-refractivity contribution in [2.75, 3.05) is 16.8 Å². The fourth-order valence-corrected chi connectivity index (χ4v) is 3.12. The van der Waals surface area contributed by atoms with Gasteiger partial charge in [0.25, 0.3) is 0 Å². The summed E-state index contributed by atoms with van der Waals surface area (Å²) in [5.74, 6) is 0.0384. The van der Waals surface area contributed by atoms with E-state index in [1.54, 1.807) is 23.1 Å². The molecule has 0 aromatic heterocycles. The molecular formula is C19H19ClN2O2. The Kier molecular flexibility index (Phi) is 5.16. The predicted molar refractivity (Wildman–Crippen MR) is 96.4 cm³/mol. The van der Waals surface area contributed by atoms with E-state index in [0.29, 0.717) is 42.2 Å². The third-order valence-electron chi connectivity index (χ3n) is 4.08. The van der Waals surface area contributed by atoms with Gasteiger partial charge in [-0.3, -0.25) is 9.59 Å². The molecule has 24 heavy (non-hydrogen) atoms. The highest BCUT2D eigenvalue weighted by molar-refractivity contribution is 6.34. The zero-order valence-electron chi connectivity index (χ0n) is 13.3. The van der Waals surface area contributed by atoms with Crippen molar-refractivity contribution in [3.8, 4) is 0 Å². The lowest BCUT2D eigenvalue weighted by Crippen LogP contribution is -2.24. The van der Waals surface area contributed by atoms with Crippen LogP contribution in [0.2, 0.25) is 5.02 Å². The Morgan fingerprint density at radius 2 is 1.96 bits per heavy atom. The molecule has 2 amide bonds. The number of rotatable bonds is 5. The van der Waals surface area contributed by atoms with Crippen molar-refractivity contribution >= 4 is 34.8 Å². The normalized spacial score (nSPS) is 14.0. The Hall–Kier alpha value is -2.33. The summed E-state index contributed by atoms with van der Waals surface area (Å²) in [5.41, 5.74) is 2.49. The number of anilines is 2. The van der Waals surface area contributed by atoms with E-state index in [2.05, 4.69) is 5.32 Å². The molecule has 0 saturated carbocycles.